The number of anilines is 1. The summed E-state index contributed by atoms with van der Waals surface area (Å²) in [5.41, 5.74) is 1.03. The molecule has 0 saturated carbocycles. The lowest BCUT2D eigenvalue weighted by atomic mass is 10.2. The molecule has 4 nitrogen and oxygen atoms in total. The number of hydrogen-bond acceptors (Lipinski definition) is 4. The topological polar surface area (TPSA) is 43.4 Å². The van der Waals surface area contributed by atoms with Crippen LogP contribution in [0.15, 0.2) is 36.4 Å². The van der Waals surface area contributed by atoms with Crippen LogP contribution in [-0.4, -0.2) is 18.2 Å². The molecule has 20 heavy (non-hydrogen) atoms. The second-order valence-corrected chi connectivity index (χ2v) is 4.53. The molecule has 1 aliphatic rings. The summed E-state index contributed by atoms with van der Waals surface area (Å²) in [6.45, 7) is 1.89. The van der Waals surface area contributed by atoms with Gasteiger partial charge in [-0.05, 0) is 29.8 Å². The standard InChI is InChI=1S/C15H15FN2O2/c16-14-3-1-4-15(18-14)17-10-11-5-6-12-13(9-11)20-8-2-7-19-12/h1,3-6,9H,2,7-8,10H2,(H,17,18). The molecule has 1 aromatic heterocycles. The van der Waals surface area contributed by atoms with Crippen molar-refractivity contribution in [3.8, 4) is 11.5 Å². The van der Waals surface area contributed by atoms with Crippen LogP contribution in [0, 0.1) is 5.95 Å². The van der Waals surface area contributed by atoms with Gasteiger partial charge in [0, 0.05) is 13.0 Å². The largest absolute Gasteiger partial charge is 0.490 e. The molecule has 0 amide bonds. The highest BCUT2D eigenvalue weighted by atomic mass is 19.1. The van der Waals surface area contributed by atoms with Crippen molar-refractivity contribution >= 4 is 5.82 Å². The average molecular weight is 274 g/mol. The molecule has 2 heterocycles. The van der Waals surface area contributed by atoms with Crippen molar-refractivity contribution in [2.75, 3.05) is 18.5 Å². The zero-order chi connectivity index (χ0) is 13.8. The van der Waals surface area contributed by atoms with Gasteiger partial charge in [0.05, 0.1) is 13.2 Å². The predicted octanol–water partition coefficient (Wildman–Crippen LogP) is 2.99. The minimum atomic E-state index is -0.492. The van der Waals surface area contributed by atoms with E-state index in [-0.39, 0.29) is 0 Å². The van der Waals surface area contributed by atoms with E-state index in [2.05, 4.69) is 10.3 Å². The fourth-order valence-corrected chi connectivity index (χ4v) is 2.02. The van der Waals surface area contributed by atoms with E-state index in [1.54, 1.807) is 12.1 Å². The van der Waals surface area contributed by atoms with Gasteiger partial charge in [0.2, 0.25) is 5.95 Å². The van der Waals surface area contributed by atoms with Gasteiger partial charge in [-0.2, -0.15) is 4.39 Å². The molecule has 0 aliphatic carbocycles. The van der Waals surface area contributed by atoms with Gasteiger partial charge < -0.3 is 14.8 Å². The summed E-state index contributed by atoms with van der Waals surface area (Å²) in [6, 6.07) is 10.5. The molecule has 0 bridgehead atoms. The molecule has 0 spiro atoms. The summed E-state index contributed by atoms with van der Waals surface area (Å²) in [6.07, 6.45) is 0.884. The molecule has 0 unspecified atom stereocenters. The number of rotatable bonds is 3. The Morgan fingerprint density at radius 2 is 1.95 bits per heavy atom. The van der Waals surface area contributed by atoms with E-state index in [9.17, 15) is 4.39 Å². The van der Waals surface area contributed by atoms with Crippen molar-refractivity contribution in [1.82, 2.24) is 4.98 Å². The van der Waals surface area contributed by atoms with Crippen molar-refractivity contribution in [3.05, 3.63) is 47.9 Å². The Kier molecular flexibility index (Phi) is 3.67. The van der Waals surface area contributed by atoms with E-state index in [1.807, 2.05) is 18.2 Å². The van der Waals surface area contributed by atoms with Crippen LogP contribution in [0.3, 0.4) is 0 Å². The molecule has 104 valence electrons. The van der Waals surface area contributed by atoms with Crippen molar-refractivity contribution in [3.63, 3.8) is 0 Å². The monoisotopic (exact) mass is 274 g/mol. The summed E-state index contributed by atoms with van der Waals surface area (Å²) in [4.78, 5) is 3.76. The van der Waals surface area contributed by atoms with E-state index < -0.39 is 5.95 Å². The highest BCUT2D eigenvalue weighted by Crippen LogP contribution is 2.30. The number of hydrogen-bond donors (Lipinski definition) is 1. The van der Waals surface area contributed by atoms with Crippen LogP contribution < -0.4 is 14.8 Å². The number of ether oxygens (including phenoxy) is 2. The Hall–Kier alpha value is -2.30. The second-order valence-electron chi connectivity index (χ2n) is 4.53. The molecule has 3 rings (SSSR count). The number of fused-ring (bicyclic) bond motifs is 1. The lowest BCUT2D eigenvalue weighted by molar-refractivity contribution is 0.297. The predicted molar refractivity (Wildman–Crippen MR) is 73.6 cm³/mol. The molecule has 1 aliphatic heterocycles. The molecule has 0 fully saturated rings. The fourth-order valence-electron chi connectivity index (χ4n) is 2.02. The molecular formula is C15H15FN2O2. The first-order valence-corrected chi connectivity index (χ1v) is 6.56. The Morgan fingerprint density at radius 3 is 2.80 bits per heavy atom. The third-order valence-corrected chi connectivity index (χ3v) is 3.00. The molecule has 1 N–H and O–H groups in total. The van der Waals surface area contributed by atoms with Crippen molar-refractivity contribution < 1.29 is 13.9 Å². The number of halogens is 1. The van der Waals surface area contributed by atoms with Gasteiger partial charge in [0.15, 0.2) is 11.5 Å². The Balaban J connectivity index is 1.70. The van der Waals surface area contributed by atoms with Crippen LogP contribution in [0.25, 0.3) is 0 Å². The third-order valence-electron chi connectivity index (χ3n) is 3.00. The molecule has 0 atom stereocenters. The molecule has 2 aromatic rings. The van der Waals surface area contributed by atoms with Crippen LogP contribution >= 0.6 is 0 Å². The van der Waals surface area contributed by atoms with Gasteiger partial charge in [0.1, 0.15) is 5.82 Å². The first-order chi connectivity index (χ1) is 9.81. The van der Waals surface area contributed by atoms with Crippen molar-refractivity contribution in [2.24, 2.45) is 0 Å². The third kappa shape index (κ3) is 2.99. The highest BCUT2D eigenvalue weighted by Gasteiger charge is 2.10. The number of nitrogens with zero attached hydrogens (tertiary/aromatic N) is 1. The molecule has 1 aromatic carbocycles. The van der Waals surface area contributed by atoms with Crippen LogP contribution in [0.1, 0.15) is 12.0 Å². The minimum absolute atomic E-state index is 0.492. The maximum Gasteiger partial charge on any atom is 0.214 e. The fraction of sp³-hybridized carbons (Fsp3) is 0.267. The highest BCUT2D eigenvalue weighted by molar-refractivity contribution is 5.44. The lowest BCUT2D eigenvalue weighted by Gasteiger charge is -2.10. The SMILES string of the molecule is Fc1cccc(NCc2ccc3c(c2)OCCCO3)n1. The zero-order valence-corrected chi connectivity index (χ0v) is 10.9. The summed E-state index contributed by atoms with van der Waals surface area (Å²) in [5, 5.41) is 3.08. The minimum Gasteiger partial charge on any atom is -0.490 e. The Labute approximate surface area is 116 Å². The number of nitrogens with one attached hydrogen (secondary N) is 1. The number of aromatic nitrogens is 1. The molecule has 0 saturated heterocycles. The smallest absolute Gasteiger partial charge is 0.214 e. The van der Waals surface area contributed by atoms with Crippen LogP contribution in [0.5, 0.6) is 11.5 Å². The van der Waals surface area contributed by atoms with Crippen molar-refractivity contribution in [1.29, 1.82) is 0 Å². The van der Waals surface area contributed by atoms with Crippen LogP contribution in [-0.2, 0) is 6.54 Å². The number of benzene rings is 1. The zero-order valence-electron chi connectivity index (χ0n) is 10.9. The number of pyridine rings is 1. The first-order valence-electron chi connectivity index (χ1n) is 6.56. The van der Waals surface area contributed by atoms with E-state index in [0.29, 0.717) is 25.6 Å². The lowest BCUT2D eigenvalue weighted by Crippen LogP contribution is -2.02. The van der Waals surface area contributed by atoms with Gasteiger partial charge >= 0.3 is 0 Å². The quantitative estimate of drug-likeness (QED) is 0.874. The van der Waals surface area contributed by atoms with E-state index >= 15 is 0 Å². The summed E-state index contributed by atoms with van der Waals surface area (Å²) < 4.78 is 24.2. The van der Waals surface area contributed by atoms with E-state index in [0.717, 1.165) is 23.5 Å². The van der Waals surface area contributed by atoms with Gasteiger partial charge in [0.25, 0.3) is 0 Å². The van der Waals surface area contributed by atoms with E-state index in [1.165, 1.54) is 6.07 Å². The Morgan fingerprint density at radius 1 is 1.10 bits per heavy atom. The summed E-state index contributed by atoms with van der Waals surface area (Å²) >= 11 is 0. The normalized spacial score (nSPS) is 13.7. The van der Waals surface area contributed by atoms with Gasteiger partial charge in [-0.1, -0.05) is 12.1 Å². The summed E-state index contributed by atoms with van der Waals surface area (Å²) in [7, 11) is 0. The van der Waals surface area contributed by atoms with Gasteiger partial charge in [-0.25, -0.2) is 4.98 Å². The molecule has 5 heteroatoms. The average Bonchev–Trinajstić information content (AvgIpc) is 2.70. The molecular weight excluding hydrogens is 259 g/mol. The summed E-state index contributed by atoms with van der Waals surface area (Å²) in [5.74, 6) is 1.55. The van der Waals surface area contributed by atoms with Gasteiger partial charge in [-0.3, -0.25) is 0 Å². The second kappa shape index (κ2) is 5.77. The van der Waals surface area contributed by atoms with Crippen molar-refractivity contribution in [2.45, 2.75) is 13.0 Å². The Bertz CT molecular complexity index is 604. The molecule has 0 radical (unpaired) electrons. The van der Waals surface area contributed by atoms with Crippen LogP contribution in [0.4, 0.5) is 10.2 Å². The van der Waals surface area contributed by atoms with Crippen LogP contribution in [0.2, 0.25) is 0 Å². The maximum atomic E-state index is 13.0. The van der Waals surface area contributed by atoms with E-state index in [4.69, 9.17) is 9.47 Å². The maximum absolute atomic E-state index is 13.0. The van der Waals surface area contributed by atoms with Gasteiger partial charge in [-0.15, -0.1) is 0 Å². The first kappa shape index (κ1) is 12.7.